The van der Waals surface area contributed by atoms with Crippen molar-refractivity contribution in [1.29, 1.82) is 0 Å². The molecule has 0 amide bonds. The fourth-order valence-corrected chi connectivity index (χ4v) is 3.86. The SMILES string of the molecule is O=C(COC(=O)C(c1ccccc1)(c1ccccc1)c1ccccc1)c1ccccc1. The van der Waals surface area contributed by atoms with Gasteiger partial charge in [0.05, 0.1) is 0 Å². The number of Topliss-reactive ketones (excluding diaryl/α,β-unsaturated/α-hetero) is 1. The molecule has 0 fully saturated rings. The molecule has 0 aromatic heterocycles. The maximum absolute atomic E-state index is 13.8. The van der Waals surface area contributed by atoms with E-state index in [2.05, 4.69) is 0 Å². The second-order valence-electron chi connectivity index (χ2n) is 7.21. The highest BCUT2D eigenvalue weighted by Gasteiger charge is 2.45. The van der Waals surface area contributed by atoms with Gasteiger partial charge < -0.3 is 4.74 Å². The molecule has 0 radical (unpaired) electrons. The third-order valence-electron chi connectivity index (χ3n) is 5.36. The zero-order chi connectivity index (χ0) is 21.5. The monoisotopic (exact) mass is 406 g/mol. The van der Waals surface area contributed by atoms with Crippen molar-refractivity contribution in [1.82, 2.24) is 0 Å². The van der Waals surface area contributed by atoms with Gasteiger partial charge in [-0.15, -0.1) is 0 Å². The lowest BCUT2D eigenvalue weighted by molar-refractivity contribution is -0.146. The average Bonchev–Trinajstić information content (AvgIpc) is 2.85. The lowest BCUT2D eigenvalue weighted by Crippen LogP contribution is -2.40. The number of ether oxygens (including phenoxy) is 1. The number of hydrogen-bond donors (Lipinski definition) is 0. The summed E-state index contributed by atoms with van der Waals surface area (Å²) in [6.45, 7) is -0.322. The van der Waals surface area contributed by atoms with Gasteiger partial charge in [0.25, 0.3) is 0 Å². The maximum Gasteiger partial charge on any atom is 0.326 e. The van der Waals surface area contributed by atoms with E-state index in [9.17, 15) is 9.59 Å². The van der Waals surface area contributed by atoms with E-state index >= 15 is 0 Å². The van der Waals surface area contributed by atoms with Crippen LogP contribution in [0.4, 0.5) is 0 Å². The minimum absolute atomic E-state index is 0.239. The Bertz CT molecular complexity index is 1040. The van der Waals surface area contributed by atoms with Gasteiger partial charge in [0.2, 0.25) is 0 Å². The van der Waals surface area contributed by atoms with Gasteiger partial charge >= 0.3 is 5.97 Å². The highest BCUT2D eigenvalue weighted by molar-refractivity contribution is 5.99. The molecule has 0 unspecified atom stereocenters. The maximum atomic E-state index is 13.8. The molecule has 3 nitrogen and oxygen atoms in total. The van der Waals surface area contributed by atoms with Crippen LogP contribution in [0.25, 0.3) is 0 Å². The number of esters is 1. The molecule has 0 saturated heterocycles. The van der Waals surface area contributed by atoms with Crippen LogP contribution in [0.15, 0.2) is 121 Å². The van der Waals surface area contributed by atoms with Crippen molar-refractivity contribution in [3.05, 3.63) is 144 Å². The van der Waals surface area contributed by atoms with Crippen molar-refractivity contribution >= 4 is 11.8 Å². The molecule has 31 heavy (non-hydrogen) atoms. The van der Waals surface area contributed by atoms with Crippen LogP contribution >= 0.6 is 0 Å². The van der Waals surface area contributed by atoms with Gasteiger partial charge in [0.15, 0.2) is 12.4 Å². The molecule has 0 spiro atoms. The Morgan fingerprint density at radius 2 is 0.903 bits per heavy atom. The molecule has 152 valence electrons. The van der Waals surface area contributed by atoms with E-state index in [0.717, 1.165) is 16.7 Å². The zero-order valence-corrected chi connectivity index (χ0v) is 17.0. The van der Waals surface area contributed by atoms with E-state index in [1.165, 1.54) is 0 Å². The molecule has 0 heterocycles. The summed E-state index contributed by atoms with van der Waals surface area (Å²) in [7, 11) is 0. The average molecular weight is 406 g/mol. The van der Waals surface area contributed by atoms with Crippen LogP contribution in [0, 0.1) is 0 Å². The highest BCUT2D eigenvalue weighted by atomic mass is 16.5. The second-order valence-corrected chi connectivity index (χ2v) is 7.21. The van der Waals surface area contributed by atoms with Crippen LogP contribution in [-0.4, -0.2) is 18.4 Å². The van der Waals surface area contributed by atoms with Crippen LogP contribution in [-0.2, 0) is 14.9 Å². The van der Waals surface area contributed by atoms with Crippen LogP contribution in [0.1, 0.15) is 27.0 Å². The Morgan fingerprint density at radius 3 is 1.29 bits per heavy atom. The third kappa shape index (κ3) is 4.03. The largest absolute Gasteiger partial charge is 0.456 e. The Labute approximate surface area is 181 Å². The van der Waals surface area contributed by atoms with E-state index < -0.39 is 11.4 Å². The van der Waals surface area contributed by atoms with E-state index in [4.69, 9.17) is 4.74 Å². The summed E-state index contributed by atoms with van der Waals surface area (Å²) in [6.07, 6.45) is 0. The Kier molecular flexibility index (Phi) is 6.04. The quantitative estimate of drug-likeness (QED) is 0.233. The summed E-state index contributed by atoms with van der Waals surface area (Å²) in [6, 6.07) is 37.5. The smallest absolute Gasteiger partial charge is 0.326 e. The predicted molar refractivity (Wildman–Crippen MR) is 121 cm³/mol. The molecule has 0 bridgehead atoms. The number of hydrogen-bond acceptors (Lipinski definition) is 3. The molecule has 0 aliphatic carbocycles. The van der Waals surface area contributed by atoms with E-state index in [0.29, 0.717) is 5.56 Å². The standard InChI is InChI=1S/C28H22O3/c29-26(22-13-5-1-6-14-22)21-31-27(30)28(23-15-7-2-8-16-23,24-17-9-3-10-18-24)25-19-11-4-12-20-25/h1-20H,21H2. The lowest BCUT2D eigenvalue weighted by Gasteiger charge is -2.33. The Morgan fingerprint density at radius 1 is 0.548 bits per heavy atom. The Balaban J connectivity index is 1.80. The number of ketones is 1. The van der Waals surface area contributed by atoms with Crippen molar-refractivity contribution < 1.29 is 14.3 Å². The Hall–Kier alpha value is -3.98. The first-order chi connectivity index (χ1) is 15.2. The predicted octanol–water partition coefficient (Wildman–Crippen LogP) is 5.45. The van der Waals surface area contributed by atoms with E-state index in [1.807, 2.05) is 97.1 Å². The molecular formula is C28H22O3. The molecule has 4 aromatic carbocycles. The van der Waals surface area contributed by atoms with Crippen molar-refractivity contribution in [3.63, 3.8) is 0 Å². The molecule has 0 atom stereocenters. The van der Waals surface area contributed by atoms with Crippen molar-refractivity contribution in [2.24, 2.45) is 0 Å². The van der Waals surface area contributed by atoms with Crippen LogP contribution in [0.5, 0.6) is 0 Å². The minimum atomic E-state index is -1.19. The first-order valence-electron chi connectivity index (χ1n) is 10.1. The molecule has 0 N–H and O–H groups in total. The lowest BCUT2D eigenvalue weighted by atomic mass is 9.69. The van der Waals surface area contributed by atoms with E-state index in [-0.39, 0.29) is 12.4 Å². The van der Waals surface area contributed by atoms with Gasteiger partial charge in [0.1, 0.15) is 5.41 Å². The fourth-order valence-electron chi connectivity index (χ4n) is 3.86. The van der Waals surface area contributed by atoms with Gasteiger partial charge in [-0.25, -0.2) is 0 Å². The summed E-state index contributed by atoms with van der Waals surface area (Å²) >= 11 is 0. The second kappa shape index (κ2) is 9.23. The summed E-state index contributed by atoms with van der Waals surface area (Å²) in [5.74, 6) is -0.725. The first kappa shape index (κ1) is 20.3. The topological polar surface area (TPSA) is 43.4 Å². The van der Waals surface area contributed by atoms with E-state index in [1.54, 1.807) is 24.3 Å². The first-order valence-corrected chi connectivity index (χ1v) is 10.1. The summed E-state index contributed by atoms with van der Waals surface area (Å²) in [5.41, 5.74) is 1.67. The number of carbonyl (C=O) groups excluding carboxylic acids is 2. The van der Waals surface area contributed by atoms with Crippen LogP contribution < -0.4 is 0 Å². The van der Waals surface area contributed by atoms with Gasteiger partial charge in [-0.05, 0) is 16.7 Å². The normalized spacial score (nSPS) is 11.0. The fraction of sp³-hybridized carbons (Fsp3) is 0.0714. The van der Waals surface area contributed by atoms with Crippen LogP contribution in [0.3, 0.4) is 0 Å². The van der Waals surface area contributed by atoms with Gasteiger partial charge in [-0.2, -0.15) is 0 Å². The number of benzene rings is 4. The number of carbonyl (C=O) groups is 2. The molecule has 4 aromatic rings. The van der Waals surface area contributed by atoms with Gasteiger partial charge in [0, 0.05) is 5.56 Å². The van der Waals surface area contributed by atoms with Crippen molar-refractivity contribution in [2.75, 3.05) is 6.61 Å². The molecule has 0 aliphatic rings. The van der Waals surface area contributed by atoms with Crippen molar-refractivity contribution in [3.8, 4) is 0 Å². The summed E-state index contributed by atoms with van der Waals surface area (Å²) in [5, 5.41) is 0. The summed E-state index contributed by atoms with van der Waals surface area (Å²) in [4.78, 5) is 26.4. The molecule has 4 rings (SSSR count). The molecule has 0 saturated carbocycles. The molecular weight excluding hydrogens is 384 g/mol. The third-order valence-corrected chi connectivity index (χ3v) is 5.36. The van der Waals surface area contributed by atoms with Crippen molar-refractivity contribution in [2.45, 2.75) is 5.41 Å². The van der Waals surface area contributed by atoms with Gasteiger partial charge in [-0.1, -0.05) is 121 Å². The highest BCUT2D eigenvalue weighted by Crippen LogP contribution is 2.40. The number of rotatable bonds is 7. The minimum Gasteiger partial charge on any atom is -0.456 e. The zero-order valence-electron chi connectivity index (χ0n) is 17.0. The van der Waals surface area contributed by atoms with Gasteiger partial charge in [-0.3, -0.25) is 9.59 Å². The summed E-state index contributed by atoms with van der Waals surface area (Å²) < 4.78 is 5.70. The molecule has 3 heteroatoms. The van der Waals surface area contributed by atoms with Crippen LogP contribution in [0.2, 0.25) is 0 Å². The molecule has 0 aliphatic heterocycles.